The van der Waals surface area contributed by atoms with Gasteiger partial charge in [-0.05, 0) is 68.2 Å². The Hall–Kier alpha value is -1.35. The van der Waals surface area contributed by atoms with E-state index in [4.69, 9.17) is 0 Å². The lowest BCUT2D eigenvalue weighted by molar-refractivity contribution is -0.123. The largest absolute Gasteiger partial charge is 0.355 e. The predicted molar refractivity (Wildman–Crippen MR) is 92.4 cm³/mol. The Morgan fingerprint density at radius 2 is 2.04 bits per heavy atom. The zero-order valence-electron chi connectivity index (χ0n) is 14.2. The Bertz CT molecular complexity index is 605. The molecule has 1 saturated carbocycles. The molecule has 2 unspecified atom stereocenters. The molecule has 1 aromatic carbocycles. The van der Waals surface area contributed by atoms with Crippen molar-refractivity contribution in [2.75, 3.05) is 19.6 Å². The number of carbonyl (C=O) groups is 1. The van der Waals surface area contributed by atoms with E-state index in [1.165, 1.54) is 30.4 Å². The topological polar surface area (TPSA) is 41.1 Å². The summed E-state index contributed by atoms with van der Waals surface area (Å²) >= 11 is 0. The van der Waals surface area contributed by atoms with E-state index < -0.39 is 0 Å². The summed E-state index contributed by atoms with van der Waals surface area (Å²) < 4.78 is 0. The first-order valence-electron chi connectivity index (χ1n) is 9.20. The van der Waals surface area contributed by atoms with Gasteiger partial charge in [0.2, 0.25) is 5.91 Å². The Morgan fingerprint density at radius 3 is 2.87 bits per heavy atom. The van der Waals surface area contributed by atoms with Gasteiger partial charge in [-0.2, -0.15) is 0 Å². The molecule has 1 amide bonds. The molecule has 3 heteroatoms. The van der Waals surface area contributed by atoms with Gasteiger partial charge in [-0.25, -0.2) is 0 Å². The summed E-state index contributed by atoms with van der Waals surface area (Å²) in [7, 11) is 0. The fraction of sp³-hybridized carbons (Fsp3) is 0.650. The second-order valence-corrected chi connectivity index (χ2v) is 8.20. The summed E-state index contributed by atoms with van der Waals surface area (Å²) in [4.78, 5) is 12.7. The van der Waals surface area contributed by atoms with E-state index in [0.29, 0.717) is 5.91 Å². The predicted octanol–water partition coefficient (Wildman–Crippen LogP) is 2.79. The van der Waals surface area contributed by atoms with Crippen LogP contribution >= 0.6 is 0 Å². The van der Waals surface area contributed by atoms with Crippen molar-refractivity contribution in [3.8, 4) is 0 Å². The number of benzene rings is 1. The fourth-order valence-corrected chi connectivity index (χ4v) is 4.81. The number of hydrogen-bond donors (Lipinski definition) is 2. The van der Waals surface area contributed by atoms with E-state index in [1.807, 2.05) is 0 Å². The highest BCUT2D eigenvalue weighted by Gasteiger charge is 2.60. The number of rotatable bonds is 3. The van der Waals surface area contributed by atoms with Crippen LogP contribution in [0, 0.1) is 11.3 Å². The van der Waals surface area contributed by atoms with Crippen molar-refractivity contribution in [1.29, 1.82) is 0 Å². The minimum Gasteiger partial charge on any atom is -0.355 e. The molecule has 1 spiro atoms. The molecular formula is C20H28N2O. The molecule has 0 bridgehead atoms. The molecule has 0 aromatic heterocycles. The summed E-state index contributed by atoms with van der Waals surface area (Å²) in [6.07, 6.45) is 6.96. The average Bonchev–Trinajstić information content (AvgIpc) is 3.29. The molecule has 3 nitrogen and oxygen atoms in total. The lowest BCUT2D eigenvalue weighted by Gasteiger charge is -2.34. The van der Waals surface area contributed by atoms with E-state index >= 15 is 0 Å². The smallest absolute Gasteiger partial charge is 0.224 e. The van der Waals surface area contributed by atoms with Crippen LogP contribution in [0.2, 0.25) is 0 Å². The number of piperidine rings is 1. The van der Waals surface area contributed by atoms with Crippen molar-refractivity contribution in [3.05, 3.63) is 35.4 Å². The van der Waals surface area contributed by atoms with Gasteiger partial charge in [0.15, 0.2) is 0 Å². The third kappa shape index (κ3) is 2.69. The Kier molecular flexibility index (Phi) is 3.72. The summed E-state index contributed by atoms with van der Waals surface area (Å²) in [5.74, 6) is 0.496. The van der Waals surface area contributed by atoms with Crippen molar-refractivity contribution in [3.63, 3.8) is 0 Å². The van der Waals surface area contributed by atoms with Crippen LogP contribution in [0.25, 0.3) is 0 Å². The van der Waals surface area contributed by atoms with Crippen LogP contribution in [0.5, 0.6) is 0 Å². The molecule has 23 heavy (non-hydrogen) atoms. The molecule has 1 heterocycles. The molecule has 2 N–H and O–H groups in total. The van der Waals surface area contributed by atoms with Crippen molar-refractivity contribution in [1.82, 2.24) is 10.6 Å². The van der Waals surface area contributed by atoms with Gasteiger partial charge < -0.3 is 10.6 Å². The minimum atomic E-state index is 0.161. The van der Waals surface area contributed by atoms with Crippen molar-refractivity contribution >= 4 is 5.91 Å². The standard InChI is InChI=1S/C20H28N2O/c1-19(9-11-21-12-10-19)14-22-18(23)17-13-20(17)8-4-6-15-5-2-3-7-16(15)20/h2-3,5,7,17,21H,4,6,8-14H2,1H3,(H,22,23). The monoisotopic (exact) mass is 312 g/mol. The van der Waals surface area contributed by atoms with Crippen LogP contribution in [0.15, 0.2) is 24.3 Å². The van der Waals surface area contributed by atoms with Crippen molar-refractivity contribution in [2.45, 2.75) is 50.9 Å². The zero-order chi connectivity index (χ0) is 15.9. The Labute approximate surface area is 139 Å². The average molecular weight is 312 g/mol. The molecule has 3 aliphatic rings. The molecular weight excluding hydrogens is 284 g/mol. The van der Waals surface area contributed by atoms with Gasteiger partial charge in [0.05, 0.1) is 0 Å². The number of hydrogen-bond acceptors (Lipinski definition) is 2. The number of amides is 1. The lowest BCUT2D eigenvalue weighted by atomic mass is 9.78. The van der Waals surface area contributed by atoms with Crippen LogP contribution in [0.1, 0.15) is 50.2 Å². The van der Waals surface area contributed by atoms with Gasteiger partial charge in [0.25, 0.3) is 0 Å². The molecule has 2 atom stereocenters. The highest BCUT2D eigenvalue weighted by Crippen LogP contribution is 2.60. The molecule has 2 fully saturated rings. The van der Waals surface area contributed by atoms with Crippen LogP contribution < -0.4 is 10.6 Å². The van der Waals surface area contributed by atoms with Gasteiger partial charge >= 0.3 is 0 Å². The Morgan fingerprint density at radius 1 is 1.26 bits per heavy atom. The fourth-order valence-electron chi connectivity index (χ4n) is 4.81. The van der Waals surface area contributed by atoms with Crippen LogP contribution in [0.4, 0.5) is 0 Å². The Balaban J connectivity index is 1.42. The SMILES string of the molecule is CC1(CNC(=O)C2CC23CCCc2ccccc23)CCNCC1. The van der Waals surface area contributed by atoms with Gasteiger partial charge in [0, 0.05) is 17.9 Å². The first kappa shape index (κ1) is 15.2. The number of nitrogens with one attached hydrogen (secondary N) is 2. The van der Waals surface area contributed by atoms with Crippen LogP contribution in [-0.4, -0.2) is 25.5 Å². The maximum absolute atomic E-state index is 12.7. The molecule has 4 rings (SSSR count). The maximum Gasteiger partial charge on any atom is 0.224 e. The summed E-state index contributed by atoms with van der Waals surface area (Å²) in [6, 6.07) is 8.78. The summed E-state index contributed by atoms with van der Waals surface area (Å²) in [5, 5.41) is 6.70. The second-order valence-electron chi connectivity index (χ2n) is 8.20. The minimum absolute atomic E-state index is 0.161. The van der Waals surface area contributed by atoms with Gasteiger partial charge in [-0.1, -0.05) is 31.2 Å². The third-order valence-electron chi connectivity index (χ3n) is 6.51. The molecule has 1 aromatic rings. The quantitative estimate of drug-likeness (QED) is 0.901. The normalized spacial score (nSPS) is 31.4. The van der Waals surface area contributed by atoms with Crippen LogP contribution in [0.3, 0.4) is 0 Å². The van der Waals surface area contributed by atoms with Gasteiger partial charge in [-0.3, -0.25) is 4.79 Å². The molecule has 2 aliphatic carbocycles. The van der Waals surface area contributed by atoms with E-state index in [1.54, 1.807) is 0 Å². The van der Waals surface area contributed by atoms with Crippen molar-refractivity contribution in [2.24, 2.45) is 11.3 Å². The van der Waals surface area contributed by atoms with E-state index in [2.05, 4.69) is 41.8 Å². The van der Waals surface area contributed by atoms with Gasteiger partial charge in [-0.15, -0.1) is 0 Å². The van der Waals surface area contributed by atoms with Crippen LogP contribution in [-0.2, 0) is 16.6 Å². The molecule has 0 radical (unpaired) electrons. The number of fused-ring (bicyclic) bond motifs is 2. The first-order chi connectivity index (χ1) is 11.1. The maximum atomic E-state index is 12.7. The first-order valence-corrected chi connectivity index (χ1v) is 9.20. The molecule has 124 valence electrons. The highest BCUT2D eigenvalue weighted by atomic mass is 16.2. The second kappa shape index (κ2) is 5.62. The highest BCUT2D eigenvalue weighted by molar-refractivity contribution is 5.84. The number of carbonyl (C=O) groups excluding carboxylic acids is 1. The number of aryl methyl sites for hydroxylation is 1. The zero-order valence-corrected chi connectivity index (χ0v) is 14.2. The molecule has 1 saturated heterocycles. The lowest BCUT2D eigenvalue weighted by Crippen LogP contribution is -2.43. The molecule has 1 aliphatic heterocycles. The summed E-state index contributed by atoms with van der Waals surface area (Å²) in [6.45, 7) is 5.30. The third-order valence-corrected chi connectivity index (χ3v) is 6.51. The summed E-state index contributed by atoms with van der Waals surface area (Å²) in [5.41, 5.74) is 3.36. The van der Waals surface area contributed by atoms with E-state index in [0.717, 1.165) is 38.9 Å². The van der Waals surface area contributed by atoms with Crippen molar-refractivity contribution < 1.29 is 4.79 Å². The van der Waals surface area contributed by atoms with Gasteiger partial charge in [0.1, 0.15) is 0 Å². The van der Waals surface area contributed by atoms with E-state index in [-0.39, 0.29) is 16.7 Å². The van der Waals surface area contributed by atoms with E-state index in [9.17, 15) is 4.79 Å².